The number of hydrogen-bond donors (Lipinski definition) is 3. The Morgan fingerprint density at radius 2 is 2.00 bits per heavy atom. The number of rotatable bonds is 8. The molecule has 0 radical (unpaired) electrons. The molecular formula is C35H51N7OS. The number of thiazole rings is 1. The van der Waals surface area contributed by atoms with Crippen molar-refractivity contribution in [1.29, 1.82) is 5.26 Å². The first-order valence-corrected chi connectivity index (χ1v) is 16.5. The number of fused-ring (bicyclic) bond motifs is 2. The number of likely N-dealkylation sites (N-methyl/N-ethyl adjacent to an activating group) is 1. The van der Waals surface area contributed by atoms with Crippen molar-refractivity contribution in [2.75, 3.05) is 26.7 Å². The highest BCUT2D eigenvalue weighted by Crippen LogP contribution is 2.33. The lowest BCUT2D eigenvalue weighted by Crippen LogP contribution is -2.58. The number of hydrogen-bond acceptors (Lipinski definition) is 8. The van der Waals surface area contributed by atoms with Gasteiger partial charge < -0.3 is 25.8 Å². The highest BCUT2D eigenvalue weighted by atomic mass is 32.1. The normalized spacial score (nSPS) is 19.1. The molecule has 4 heterocycles. The van der Waals surface area contributed by atoms with E-state index in [9.17, 15) is 4.79 Å². The molecule has 1 aromatic heterocycles. The van der Waals surface area contributed by atoms with Gasteiger partial charge in [-0.1, -0.05) is 64.6 Å². The summed E-state index contributed by atoms with van der Waals surface area (Å²) in [6.45, 7) is 25.3. The smallest absolute Gasteiger partial charge is 0.207 e. The minimum atomic E-state index is -0.290. The molecule has 0 bridgehead atoms. The second kappa shape index (κ2) is 15.9. The van der Waals surface area contributed by atoms with Crippen molar-refractivity contribution in [3.8, 4) is 6.07 Å². The zero-order valence-electron chi connectivity index (χ0n) is 27.7. The highest BCUT2D eigenvalue weighted by Gasteiger charge is 2.34. The molecule has 3 aliphatic heterocycles. The van der Waals surface area contributed by atoms with Crippen LogP contribution in [-0.4, -0.2) is 60.0 Å². The van der Waals surface area contributed by atoms with E-state index >= 15 is 0 Å². The molecule has 0 unspecified atom stereocenters. The summed E-state index contributed by atoms with van der Waals surface area (Å²) in [5, 5.41) is 19.9. The summed E-state index contributed by atoms with van der Waals surface area (Å²) in [5.74, 6) is 0. The van der Waals surface area contributed by atoms with Gasteiger partial charge in [-0.3, -0.25) is 4.79 Å². The number of benzene rings is 1. The average Bonchev–Trinajstić information content (AvgIpc) is 3.42. The lowest BCUT2D eigenvalue weighted by Gasteiger charge is -2.44. The van der Waals surface area contributed by atoms with Crippen LogP contribution < -0.4 is 16.0 Å². The van der Waals surface area contributed by atoms with E-state index in [-0.39, 0.29) is 17.5 Å². The summed E-state index contributed by atoms with van der Waals surface area (Å²) >= 11 is 1.70. The molecule has 1 amide bonds. The maximum absolute atomic E-state index is 11.2. The molecule has 9 heteroatoms. The van der Waals surface area contributed by atoms with Gasteiger partial charge >= 0.3 is 0 Å². The molecular weight excluding hydrogens is 567 g/mol. The third-order valence-electron chi connectivity index (χ3n) is 8.35. The monoisotopic (exact) mass is 617 g/mol. The molecule has 1 aromatic carbocycles. The van der Waals surface area contributed by atoms with Gasteiger partial charge in [-0.2, -0.15) is 5.26 Å². The first kappa shape index (κ1) is 34.9. The Morgan fingerprint density at radius 1 is 1.25 bits per heavy atom. The summed E-state index contributed by atoms with van der Waals surface area (Å²) in [4.78, 5) is 21.8. The standard InChI is InChI=1S/C22H32N6OS.C11H13N.C2H6/c1-15(21-26-18-6-10-27(5)13-20(18)30-21)25-19-12-28(11-7-17(19)24-14-29)16(2)22(3,4)8-9-23;1-8-3-4-10-7-12-9(2)6-11(10)5-8;1-2/h14,17,19,25H,1-2,6-8,10-13H2,3-5H3,(H,24,29);3-6,12H,7H2,1-2H3;1-2H3/t17-,19+;;/m0../s1. The molecule has 44 heavy (non-hydrogen) atoms. The minimum absolute atomic E-state index is 0.00287. The van der Waals surface area contributed by atoms with E-state index in [4.69, 9.17) is 10.2 Å². The Hall–Kier alpha value is -3.61. The van der Waals surface area contributed by atoms with Crippen LogP contribution in [0.3, 0.4) is 0 Å². The van der Waals surface area contributed by atoms with E-state index in [1.807, 2.05) is 27.7 Å². The number of piperidine rings is 1. The average molecular weight is 618 g/mol. The highest BCUT2D eigenvalue weighted by molar-refractivity contribution is 7.12. The van der Waals surface area contributed by atoms with E-state index in [0.717, 1.165) is 61.8 Å². The van der Waals surface area contributed by atoms with Gasteiger partial charge in [-0.15, -0.1) is 11.3 Å². The molecule has 0 aliphatic carbocycles. The number of aryl methyl sites for hydroxylation is 1. The van der Waals surface area contributed by atoms with Gasteiger partial charge in [0.15, 0.2) is 0 Å². The van der Waals surface area contributed by atoms with Crippen molar-refractivity contribution in [3.63, 3.8) is 0 Å². The van der Waals surface area contributed by atoms with E-state index in [2.05, 4.69) is 90.1 Å². The molecule has 2 atom stereocenters. The molecule has 3 N–H and O–H groups in total. The lowest BCUT2D eigenvalue weighted by molar-refractivity contribution is -0.110. The second-order valence-electron chi connectivity index (χ2n) is 12.3. The molecule has 8 nitrogen and oxygen atoms in total. The molecule has 5 rings (SSSR count). The first-order valence-electron chi connectivity index (χ1n) is 15.7. The van der Waals surface area contributed by atoms with Crippen LogP contribution in [0.1, 0.15) is 79.7 Å². The van der Waals surface area contributed by atoms with Crippen LogP contribution in [0.5, 0.6) is 0 Å². The van der Waals surface area contributed by atoms with Crippen LogP contribution in [0.15, 0.2) is 42.8 Å². The van der Waals surface area contributed by atoms with Gasteiger partial charge in [0.2, 0.25) is 6.41 Å². The number of aromatic nitrogens is 1. The summed E-state index contributed by atoms with van der Waals surface area (Å²) in [5.41, 5.74) is 7.99. The Bertz CT molecular complexity index is 1390. The summed E-state index contributed by atoms with van der Waals surface area (Å²) in [7, 11) is 2.13. The number of carbonyl (C=O) groups excluding carboxylic acids is 1. The van der Waals surface area contributed by atoms with Gasteiger partial charge in [0.05, 0.1) is 29.5 Å². The Balaban J connectivity index is 0.000000312. The molecule has 1 saturated heterocycles. The van der Waals surface area contributed by atoms with Gasteiger partial charge in [0, 0.05) is 67.3 Å². The Morgan fingerprint density at radius 3 is 2.70 bits per heavy atom. The van der Waals surface area contributed by atoms with Crippen LogP contribution in [-0.2, 0) is 24.3 Å². The van der Waals surface area contributed by atoms with Crippen LogP contribution in [0.2, 0.25) is 0 Å². The quantitative estimate of drug-likeness (QED) is 0.321. The fraction of sp³-hybridized carbons (Fsp3) is 0.514. The molecule has 238 valence electrons. The maximum atomic E-state index is 11.2. The first-order chi connectivity index (χ1) is 21.0. The van der Waals surface area contributed by atoms with E-state index in [1.54, 1.807) is 11.3 Å². The van der Waals surface area contributed by atoms with E-state index in [1.165, 1.54) is 33.0 Å². The predicted molar refractivity (Wildman–Crippen MR) is 183 cm³/mol. The van der Waals surface area contributed by atoms with Gasteiger partial charge in [0.1, 0.15) is 5.01 Å². The molecule has 3 aliphatic rings. The summed E-state index contributed by atoms with van der Waals surface area (Å²) in [6.07, 6.45) is 5.15. The summed E-state index contributed by atoms with van der Waals surface area (Å²) in [6, 6.07) is 8.84. The Labute approximate surface area is 268 Å². The number of nitriles is 1. The minimum Gasteiger partial charge on any atom is -0.384 e. The van der Waals surface area contributed by atoms with E-state index in [0.29, 0.717) is 13.0 Å². The third-order valence-corrected chi connectivity index (χ3v) is 9.49. The summed E-state index contributed by atoms with van der Waals surface area (Å²) < 4.78 is 0. The van der Waals surface area contributed by atoms with E-state index < -0.39 is 0 Å². The van der Waals surface area contributed by atoms with Crippen molar-refractivity contribution in [1.82, 2.24) is 30.7 Å². The second-order valence-corrected chi connectivity index (χ2v) is 13.4. The topological polar surface area (TPSA) is 96.3 Å². The number of allylic oxidation sites excluding steroid dienone is 2. The molecule has 0 saturated carbocycles. The van der Waals surface area contributed by atoms with Gasteiger partial charge in [0.25, 0.3) is 0 Å². The predicted octanol–water partition coefficient (Wildman–Crippen LogP) is 5.82. The molecule has 0 spiro atoms. The van der Waals surface area contributed by atoms with Crippen LogP contribution >= 0.6 is 11.3 Å². The number of carbonyl (C=O) groups is 1. The molecule has 1 fully saturated rings. The van der Waals surface area contributed by atoms with Crippen molar-refractivity contribution < 1.29 is 4.79 Å². The fourth-order valence-electron chi connectivity index (χ4n) is 5.62. The van der Waals surface area contributed by atoms with Crippen molar-refractivity contribution in [3.05, 3.63) is 75.0 Å². The van der Waals surface area contributed by atoms with Crippen molar-refractivity contribution in [2.45, 2.75) is 86.0 Å². The van der Waals surface area contributed by atoms with Crippen LogP contribution in [0.4, 0.5) is 0 Å². The zero-order valence-corrected chi connectivity index (χ0v) is 28.5. The number of likely N-dealkylation sites (tertiary alicyclic amines) is 1. The maximum Gasteiger partial charge on any atom is 0.207 e. The van der Waals surface area contributed by atoms with Crippen molar-refractivity contribution in [2.24, 2.45) is 5.41 Å². The number of nitrogens with zero attached hydrogens (tertiary/aromatic N) is 4. The Kier molecular flexibility index (Phi) is 12.6. The molecule has 2 aromatic rings. The third kappa shape index (κ3) is 8.96. The van der Waals surface area contributed by atoms with Gasteiger partial charge in [-0.05, 0) is 44.5 Å². The SMILES string of the molecule is C=C(N[C@@H]1CN(C(=C)C(C)(C)CC#N)CC[C@@H]1NC=O)c1nc2c(s1)CN(C)CC2.CC.CC1=Cc2cc(C)ccc2CN1. The largest absolute Gasteiger partial charge is 0.384 e. The van der Waals surface area contributed by atoms with Crippen LogP contribution in [0.25, 0.3) is 11.8 Å². The van der Waals surface area contributed by atoms with Gasteiger partial charge in [-0.25, -0.2) is 4.98 Å². The van der Waals surface area contributed by atoms with Crippen LogP contribution in [0, 0.1) is 23.7 Å². The fourth-order valence-corrected chi connectivity index (χ4v) is 6.75. The van der Waals surface area contributed by atoms with Crippen molar-refractivity contribution >= 4 is 29.5 Å². The zero-order chi connectivity index (χ0) is 32.4. The number of amides is 1. The number of nitrogens with one attached hydrogen (secondary N) is 3. The lowest BCUT2D eigenvalue weighted by atomic mass is 9.84.